The molecule has 0 N–H and O–H groups in total. The molecule has 0 radical (unpaired) electrons. The van der Waals surface area contributed by atoms with E-state index >= 15 is 0 Å². The van der Waals surface area contributed by atoms with Crippen molar-refractivity contribution in [3.63, 3.8) is 0 Å². The average molecular weight is 395 g/mol. The summed E-state index contributed by atoms with van der Waals surface area (Å²) in [5.41, 5.74) is 5.04. The van der Waals surface area contributed by atoms with Gasteiger partial charge in [0.2, 0.25) is 5.88 Å². The Bertz CT molecular complexity index is 1210. The molecule has 0 aliphatic rings. The number of methoxy groups -OCH3 is 1. The molecule has 0 saturated carbocycles. The van der Waals surface area contributed by atoms with E-state index < -0.39 is 0 Å². The Hall–Kier alpha value is -3.91. The fraction of sp³-hybridized carbons (Fsp3) is 0.160. The maximum Gasteiger partial charge on any atom is 0.249 e. The van der Waals surface area contributed by atoms with E-state index in [0.717, 1.165) is 33.6 Å². The lowest BCUT2D eigenvalue weighted by molar-refractivity contribution is 0.307. The molecule has 5 nitrogen and oxygen atoms in total. The van der Waals surface area contributed by atoms with Gasteiger partial charge in [0.05, 0.1) is 24.8 Å². The van der Waals surface area contributed by atoms with Crippen LogP contribution >= 0.6 is 0 Å². The van der Waals surface area contributed by atoms with Crippen molar-refractivity contribution in [3.05, 3.63) is 89.4 Å². The summed E-state index contributed by atoms with van der Waals surface area (Å²) in [5.74, 6) is 7.48. The topological polar surface area (TPSA) is 57.1 Å². The minimum absolute atomic E-state index is 0.435. The number of benzene rings is 2. The van der Waals surface area contributed by atoms with Crippen LogP contribution in [-0.4, -0.2) is 28.7 Å². The van der Waals surface area contributed by atoms with Crippen LogP contribution in [0.4, 0.5) is 0 Å². The van der Waals surface area contributed by atoms with E-state index in [1.165, 1.54) is 0 Å². The smallest absolute Gasteiger partial charge is 0.249 e. The van der Waals surface area contributed by atoms with Crippen LogP contribution in [0.5, 0.6) is 11.6 Å². The van der Waals surface area contributed by atoms with Gasteiger partial charge >= 0.3 is 0 Å². The highest BCUT2D eigenvalue weighted by Crippen LogP contribution is 2.20. The molecule has 4 rings (SSSR count). The molecule has 2 aromatic carbocycles. The molecular weight excluding hydrogens is 374 g/mol. The molecule has 148 valence electrons. The summed E-state index contributed by atoms with van der Waals surface area (Å²) in [6.45, 7) is 2.47. The predicted molar refractivity (Wildman–Crippen MR) is 117 cm³/mol. The third-order valence-electron chi connectivity index (χ3n) is 4.53. The van der Waals surface area contributed by atoms with Gasteiger partial charge in [-0.3, -0.25) is 4.98 Å². The first-order valence-corrected chi connectivity index (χ1v) is 9.68. The third kappa shape index (κ3) is 4.73. The fourth-order valence-corrected chi connectivity index (χ4v) is 2.93. The van der Waals surface area contributed by atoms with Gasteiger partial charge in [-0.1, -0.05) is 18.1 Å². The quantitative estimate of drug-likeness (QED) is 0.470. The number of rotatable bonds is 5. The monoisotopic (exact) mass is 395 g/mol. The third-order valence-corrected chi connectivity index (χ3v) is 4.53. The molecule has 0 atom stereocenters. The molecule has 5 heteroatoms. The molecule has 0 amide bonds. The van der Waals surface area contributed by atoms with E-state index in [0.29, 0.717) is 24.6 Å². The summed E-state index contributed by atoms with van der Waals surface area (Å²) in [7, 11) is 1.64. The Morgan fingerprint density at radius 2 is 1.77 bits per heavy atom. The number of aryl methyl sites for hydroxylation is 1. The van der Waals surface area contributed by atoms with Gasteiger partial charge in [0.1, 0.15) is 5.75 Å². The van der Waals surface area contributed by atoms with Crippen molar-refractivity contribution < 1.29 is 9.47 Å². The Kier molecular flexibility index (Phi) is 5.86. The van der Waals surface area contributed by atoms with Crippen LogP contribution in [0.2, 0.25) is 0 Å². The standard InChI is InChI=1S/C25H21N3O2/c1-18-6-12-22-24(17-18)28-25(30-16-14-20-5-3-4-15-26-20)23(27-22)13-9-19-7-10-21(29-2)11-8-19/h3-8,10-12,15,17H,14,16H2,1-2H3. The van der Waals surface area contributed by atoms with Crippen molar-refractivity contribution in [3.8, 4) is 23.5 Å². The van der Waals surface area contributed by atoms with E-state index in [9.17, 15) is 0 Å². The Labute approximate surface area is 175 Å². The molecule has 0 bridgehead atoms. The fourth-order valence-electron chi connectivity index (χ4n) is 2.93. The molecule has 0 spiro atoms. The summed E-state index contributed by atoms with van der Waals surface area (Å²) in [6, 6.07) is 19.4. The van der Waals surface area contributed by atoms with Crippen LogP contribution in [0.1, 0.15) is 22.5 Å². The second-order valence-electron chi connectivity index (χ2n) is 6.77. The lowest BCUT2D eigenvalue weighted by Crippen LogP contribution is -2.06. The van der Waals surface area contributed by atoms with Gasteiger partial charge < -0.3 is 9.47 Å². The molecule has 0 unspecified atom stereocenters. The first-order chi connectivity index (χ1) is 14.7. The molecule has 30 heavy (non-hydrogen) atoms. The largest absolute Gasteiger partial charge is 0.497 e. The zero-order valence-corrected chi connectivity index (χ0v) is 16.9. The molecule has 0 fully saturated rings. The van der Waals surface area contributed by atoms with Gasteiger partial charge in [-0.15, -0.1) is 0 Å². The zero-order valence-electron chi connectivity index (χ0n) is 16.9. The highest BCUT2D eigenvalue weighted by Gasteiger charge is 2.09. The molecule has 0 saturated heterocycles. The number of nitrogens with zero attached hydrogens (tertiary/aromatic N) is 3. The molecule has 4 aromatic rings. The maximum atomic E-state index is 5.98. The summed E-state index contributed by atoms with van der Waals surface area (Å²) < 4.78 is 11.2. The zero-order chi connectivity index (χ0) is 20.8. The minimum atomic E-state index is 0.435. The second-order valence-corrected chi connectivity index (χ2v) is 6.77. The van der Waals surface area contributed by atoms with Gasteiger partial charge in [-0.25, -0.2) is 9.97 Å². The Morgan fingerprint density at radius 1 is 0.900 bits per heavy atom. The Balaban J connectivity index is 1.63. The number of hydrogen-bond donors (Lipinski definition) is 0. The Morgan fingerprint density at radius 3 is 2.53 bits per heavy atom. The lowest BCUT2D eigenvalue weighted by atomic mass is 10.2. The summed E-state index contributed by atoms with van der Waals surface area (Å²) >= 11 is 0. The van der Waals surface area contributed by atoms with Crippen molar-refractivity contribution in [2.24, 2.45) is 0 Å². The van der Waals surface area contributed by atoms with E-state index in [1.54, 1.807) is 13.3 Å². The maximum absolute atomic E-state index is 5.98. The lowest BCUT2D eigenvalue weighted by Gasteiger charge is -2.08. The van der Waals surface area contributed by atoms with Crippen LogP contribution < -0.4 is 9.47 Å². The molecule has 2 heterocycles. The van der Waals surface area contributed by atoms with Gasteiger partial charge in [-0.05, 0) is 66.9 Å². The number of aromatic nitrogens is 3. The van der Waals surface area contributed by atoms with Crippen LogP contribution in [0.15, 0.2) is 66.9 Å². The predicted octanol–water partition coefficient (Wildman–Crippen LogP) is 4.36. The van der Waals surface area contributed by atoms with E-state index in [4.69, 9.17) is 9.47 Å². The van der Waals surface area contributed by atoms with Crippen molar-refractivity contribution in [2.75, 3.05) is 13.7 Å². The minimum Gasteiger partial charge on any atom is -0.497 e. The van der Waals surface area contributed by atoms with Gasteiger partial charge in [0, 0.05) is 23.9 Å². The molecular formula is C25H21N3O2. The van der Waals surface area contributed by atoms with Crippen LogP contribution in [0, 0.1) is 18.8 Å². The van der Waals surface area contributed by atoms with Gasteiger partial charge in [-0.2, -0.15) is 0 Å². The van der Waals surface area contributed by atoms with E-state index in [-0.39, 0.29) is 0 Å². The molecule has 0 aliphatic heterocycles. The van der Waals surface area contributed by atoms with Crippen molar-refractivity contribution in [1.82, 2.24) is 15.0 Å². The van der Waals surface area contributed by atoms with Crippen LogP contribution in [0.3, 0.4) is 0 Å². The van der Waals surface area contributed by atoms with E-state index in [1.807, 2.05) is 67.6 Å². The highest BCUT2D eigenvalue weighted by molar-refractivity contribution is 5.76. The SMILES string of the molecule is COc1ccc(C#Cc2nc3ccc(C)cc3nc2OCCc2ccccn2)cc1. The summed E-state index contributed by atoms with van der Waals surface area (Å²) in [4.78, 5) is 13.7. The van der Waals surface area contributed by atoms with Crippen molar-refractivity contribution in [1.29, 1.82) is 0 Å². The van der Waals surface area contributed by atoms with Gasteiger partial charge in [0.25, 0.3) is 0 Å². The summed E-state index contributed by atoms with van der Waals surface area (Å²) in [6.07, 6.45) is 2.46. The van der Waals surface area contributed by atoms with Crippen LogP contribution in [0.25, 0.3) is 11.0 Å². The van der Waals surface area contributed by atoms with Crippen molar-refractivity contribution >= 4 is 11.0 Å². The van der Waals surface area contributed by atoms with Gasteiger partial charge in [0.15, 0.2) is 5.69 Å². The first kappa shape index (κ1) is 19.4. The van der Waals surface area contributed by atoms with Crippen LogP contribution in [-0.2, 0) is 6.42 Å². The number of pyridine rings is 1. The highest BCUT2D eigenvalue weighted by atomic mass is 16.5. The average Bonchev–Trinajstić information content (AvgIpc) is 2.78. The second kappa shape index (κ2) is 9.06. The molecule has 0 aliphatic carbocycles. The van der Waals surface area contributed by atoms with E-state index in [2.05, 4.69) is 26.8 Å². The number of fused-ring (bicyclic) bond motifs is 1. The normalized spacial score (nSPS) is 10.3. The number of ether oxygens (including phenoxy) is 2. The number of hydrogen-bond acceptors (Lipinski definition) is 5. The molecule has 2 aromatic heterocycles. The summed E-state index contributed by atoms with van der Waals surface area (Å²) in [5, 5.41) is 0. The van der Waals surface area contributed by atoms with Crippen molar-refractivity contribution in [2.45, 2.75) is 13.3 Å². The first-order valence-electron chi connectivity index (χ1n) is 9.68.